The van der Waals surface area contributed by atoms with Crippen molar-refractivity contribution < 1.29 is 4.79 Å². The first-order valence-corrected chi connectivity index (χ1v) is 4.73. The van der Waals surface area contributed by atoms with Crippen LogP contribution >= 0.6 is 0 Å². The van der Waals surface area contributed by atoms with E-state index in [4.69, 9.17) is 0 Å². The van der Waals surface area contributed by atoms with Crippen LogP contribution in [0.5, 0.6) is 0 Å². The van der Waals surface area contributed by atoms with E-state index in [1.807, 2.05) is 0 Å². The summed E-state index contributed by atoms with van der Waals surface area (Å²) in [6.45, 7) is 4.17. The van der Waals surface area contributed by atoms with E-state index < -0.39 is 0 Å². The minimum absolute atomic E-state index is 0.465. The first-order chi connectivity index (χ1) is 6.70. The summed E-state index contributed by atoms with van der Waals surface area (Å²) in [6.07, 6.45) is 1.39. The lowest BCUT2D eigenvalue weighted by Crippen LogP contribution is -1.83. The zero-order valence-electron chi connectivity index (χ0n) is 8.42. The van der Waals surface area contributed by atoms with Gasteiger partial charge in [-0.25, -0.2) is 0 Å². The number of aromatic amines is 1. The Hall–Kier alpha value is -1.57. The standard InChI is InChI=1S/C12H13NO/c1-8-5-9(2)11-7-10(3-4-14)13-12(11)6-8/h4-7,13H,3H2,1-2H3. The van der Waals surface area contributed by atoms with Crippen LogP contribution in [0.4, 0.5) is 0 Å². The van der Waals surface area contributed by atoms with Crippen LogP contribution < -0.4 is 0 Å². The molecular weight excluding hydrogens is 174 g/mol. The van der Waals surface area contributed by atoms with Crippen LogP contribution in [-0.4, -0.2) is 11.3 Å². The van der Waals surface area contributed by atoms with E-state index in [0.717, 1.165) is 17.5 Å². The summed E-state index contributed by atoms with van der Waals surface area (Å²) in [5, 5.41) is 1.22. The molecule has 0 aliphatic rings. The van der Waals surface area contributed by atoms with Gasteiger partial charge in [-0.15, -0.1) is 0 Å². The van der Waals surface area contributed by atoms with Crippen LogP contribution in [0.3, 0.4) is 0 Å². The third-order valence-electron chi connectivity index (χ3n) is 2.45. The second kappa shape index (κ2) is 3.29. The summed E-state index contributed by atoms with van der Waals surface area (Å²) in [4.78, 5) is 13.6. The Morgan fingerprint density at radius 3 is 2.79 bits per heavy atom. The molecule has 0 aliphatic carbocycles. The third-order valence-corrected chi connectivity index (χ3v) is 2.45. The predicted molar refractivity (Wildman–Crippen MR) is 57.5 cm³/mol. The molecule has 72 valence electrons. The third kappa shape index (κ3) is 1.43. The Morgan fingerprint density at radius 1 is 1.29 bits per heavy atom. The normalized spacial score (nSPS) is 10.7. The zero-order valence-corrected chi connectivity index (χ0v) is 8.42. The van der Waals surface area contributed by atoms with Gasteiger partial charge in [-0.2, -0.15) is 0 Å². The number of aldehydes is 1. The molecule has 0 bridgehead atoms. The molecule has 0 aliphatic heterocycles. The first kappa shape index (κ1) is 9.00. The summed E-state index contributed by atoms with van der Waals surface area (Å²) in [6, 6.07) is 6.32. The van der Waals surface area contributed by atoms with E-state index in [-0.39, 0.29) is 0 Å². The highest BCUT2D eigenvalue weighted by molar-refractivity contribution is 5.85. The van der Waals surface area contributed by atoms with Gasteiger partial charge in [-0.05, 0) is 37.1 Å². The maximum Gasteiger partial charge on any atom is 0.125 e. The number of nitrogens with one attached hydrogen (secondary N) is 1. The SMILES string of the molecule is Cc1cc(C)c2cc(CC=O)[nH]c2c1. The van der Waals surface area contributed by atoms with Crippen LogP contribution in [0.25, 0.3) is 10.9 Å². The molecule has 0 spiro atoms. The van der Waals surface area contributed by atoms with Crippen molar-refractivity contribution in [1.82, 2.24) is 4.98 Å². The summed E-state index contributed by atoms with van der Waals surface area (Å²) in [7, 11) is 0. The van der Waals surface area contributed by atoms with Crippen LogP contribution in [0.15, 0.2) is 18.2 Å². The van der Waals surface area contributed by atoms with Crippen molar-refractivity contribution >= 4 is 17.2 Å². The number of benzene rings is 1. The van der Waals surface area contributed by atoms with E-state index in [9.17, 15) is 4.79 Å². The lowest BCUT2D eigenvalue weighted by molar-refractivity contribution is -0.107. The molecule has 0 radical (unpaired) electrons. The number of aromatic nitrogens is 1. The Morgan fingerprint density at radius 2 is 2.07 bits per heavy atom. The van der Waals surface area contributed by atoms with E-state index >= 15 is 0 Å². The van der Waals surface area contributed by atoms with Gasteiger partial charge in [0.2, 0.25) is 0 Å². The molecule has 2 nitrogen and oxygen atoms in total. The molecule has 2 heteroatoms. The quantitative estimate of drug-likeness (QED) is 0.720. The van der Waals surface area contributed by atoms with Crippen molar-refractivity contribution in [2.45, 2.75) is 20.3 Å². The Bertz CT molecular complexity index is 482. The molecule has 2 aromatic rings. The number of carbonyl (C=O) groups is 1. The highest BCUT2D eigenvalue weighted by Gasteiger charge is 2.03. The van der Waals surface area contributed by atoms with Crippen molar-refractivity contribution in [2.24, 2.45) is 0 Å². The van der Waals surface area contributed by atoms with Gasteiger partial charge in [-0.1, -0.05) is 6.07 Å². The molecular formula is C12H13NO. The molecule has 1 N–H and O–H groups in total. The molecule has 2 rings (SSSR count). The van der Waals surface area contributed by atoms with Gasteiger partial charge in [0.25, 0.3) is 0 Å². The molecule has 1 aromatic carbocycles. The van der Waals surface area contributed by atoms with Crippen LogP contribution in [-0.2, 0) is 11.2 Å². The second-order valence-corrected chi connectivity index (χ2v) is 3.71. The van der Waals surface area contributed by atoms with Crippen LogP contribution in [0, 0.1) is 13.8 Å². The summed E-state index contributed by atoms with van der Waals surface area (Å²) in [5.41, 5.74) is 4.62. The molecule has 0 atom stereocenters. The minimum Gasteiger partial charge on any atom is -0.358 e. The molecule has 14 heavy (non-hydrogen) atoms. The number of hydrogen-bond acceptors (Lipinski definition) is 1. The lowest BCUT2D eigenvalue weighted by Gasteiger charge is -1.97. The average molecular weight is 187 g/mol. The fourth-order valence-electron chi connectivity index (χ4n) is 1.86. The smallest absolute Gasteiger partial charge is 0.125 e. The van der Waals surface area contributed by atoms with Gasteiger partial charge < -0.3 is 9.78 Å². The topological polar surface area (TPSA) is 32.9 Å². The second-order valence-electron chi connectivity index (χ2n) is 3.71. The Labute approximate surface area is 82.9 Å². The van der Waals surface area contributed by atoms with E-state index in [2.05, 4.69) is 37.0 Å². The van der Waals surface area contributed by atoms with E-state index in [0.29, 0.717) is 6.42 Å². The molecule has 1 aromatic heterocycles. The van der Waals surface area contributed by atoms with Crippen molar-refractivity contribution in [3.8, 4) is 0 Å². The largest absolute Gasteiger partial charge is 0.358 e. The van der Waals surface area contributed by atoms with Crippen LogP contribution in [0.1, 0.15) is 16.8 Å². The fraction of sp³-hybridized carbons (Fsp3) is 0.250. The number of fused-ring (bicyclic) bond motifs is 1. The van der Waals surface area contributed by atoms with Crippen molar-refractivity contribution in [2.75, 3.05) is 0 Å². The molecule has 0 amide bonds. The first-order valence-electron chi connectivity index (χ1n) is 4.73. The van der Waals surface area contributed by atoms with Crippen molar-refractivity contribution in [3.63, 3.8) is 0 Å². The van der Waals surface area contributed by atoms with Gasteiger partial charge in [-0.3, -0.25) is 0 Å². The van der Waals surface area contributed by atoms with Gasteiger partial charge in [0.05, 0.1) is 0 Å². The summed E-state index contributed by atoms with van der Waals surface area (Å²) < 4.78 is 0. The molecule has 0 unspecified atom stereocenters. The number of hydrogen-bond donors (Lipinski definition) is 1. The molecule has 0 saturated carbocycles. The highest BCUT2D eigenvalue weighted by Crippen LogP contribution is 2.21. The van der Waals surface area contributed by atoms with Gasteiger partial charge >= 0.3 is 0 Å². The fourth-order valence-corrected chi connectivity index (χ4v) is 1.86. The van der Waals surface area contributed by atoms with E-state index in [1.54, 1.807) is 0 Å². The van der Waals surface area contributed by atoms with E-state index in [1.165, 1.54) is 16.5 Å². The minimum atomic E-state index is 0.465. The van der Waals surface area contributed by atoms with Gasteiger partial charge in [0.15, 0.2) is 0 Å². The predicted octanol–water partition coefficient (Wildman–Crippen LogP) is 2.53. The number of aryl methyl sites for hydroxylation is 2. The van der Waals surface area contributed by atoms with Crippen molar-refractivity contribution in [1.29, 1.82) is 0 Å². The average Bonchev–Trinajstić information content (AvgIpc) is 2.48. The van der Waals surface area contributed by atoms with Crippen LogP contribution in [0.2, 0.25) is 0 Å². The number of carbonyl (C=O) groups excluding carboxylic acids is 1. The molecule has 0 saturated heterocycles. The Kier molecular flexibility index (Phi) is 2.12. The molecule has 1 heterocycles. The van der Waals surface area contributed by atoms with Gasteiger partial charge in [0, 0.05) is 23.0 Å². The lowest BCUT2D eigenvalue weighted by atomic mass is 10.1. The maximum absolute atomic E-state index is 10.4. The molecule has 0 fully saturated rings. The Balaban J connectivity index is 2.64. The summed E-state index contributed by atoms with van der Waals surface area (Å²) >= 11 is 0. The number of H-pyrrole nitrogens is 1. The monoisotopic (exact) mass is 187 g/mol. The van der Waals surface area contributed by atoms with Gasteiger partial charge in [0.1, 0.15) is 6.29 Å². The summed E-state index contributed by atoms with van der Waals surface area (Å²) in [5.74, 6) is 0. The maximum atomic E-state index is 10.4. The zero-order chi connectivity index (χ0) is 10.1. The van der Waals surface area contributed by atoms with Crippen molar-refractivity contribution in [3.05, 3.63) is 35.0 Å². The number of rotatable bonds is 2. The highest BCUT2D eigenvalue weighted by atomic mass is 16.1.